The summed E-state index contributed by atoms with van der Waals surface area (Å²) < 4.78 is 0. The van der Waals surface area contributed by atoms with Gasteiger partial charge in [-0.1, -0.05) is 29.3 Å². The minimum Gasteiger partial charge on any atom is -0.366 e. The number of rotatable bonds is 6. The summed E-state index contributed by atoms with van der Waals surface area (Å²) in [5, 5.41) is 7.08. The summed E-state index contributed by atoms with van der Waals surface area (Å²) in [6.07, 6.45) is 0. The van der Waals surface area contributed by atoms with Gasteiger partial charge in [-0.25, -0.2) is 0 Å². The molecule has 2 aromatic carbocycles. The summed E-state index contributed by atoms with van der Waals surface area (Å²) in [5.74, 6) is -0.717. The van der Waals surface area contributed by atoms with Crippen molar-refractivity contribution >= 4 is 40.7 Å². The van der Waals surface area contributed by atoms with Gasteiger partial charge in [0.05, 0.1) is 6.04 Å². The standard InChI is InChI=1S/C18H19Cl2N3O2/c1-10(15-8-5-13(19)9-16(15)20)22-11(2)18(25)23-14-6-3-12(4-7-14)17(21)24/h3-11,22H,1-2H3,(H2,21,24)(H,23,25)/t10-,11+/m1/s1. The van der Waals surface area contributed by atoms with Crippen molar-refractivity contribution in [1.29, 1.82) is 0 Å². The molecule has 0 saturated carbocycles. The molecular formula is C18H19Cl2N3O2. The molecule has 0 aliphatic carbocycles. The maximum absolute atomic E-state index is 12.3. The number of amides is 2. The highest BCUT2D eigenvalue weighted by atomic mass is 35.5. The largest absolute Gasteiger partial charge is 0.366 e. The Morgan fingerprint density at radius 1 is 1.04 bits per heavy atom. The highest BCUT2D eigenvalue weighted by molar-refractivity contribution is 6.35. The van der Waals surface area contributed by atoms with Crippen LogP contribution in [0.1, 0.15) is 35.8 Å². The lowest BCUT2D eigenvalue weighted by Crippen LogP contribution is -2.39. The van der Waals surface area contributed by atoms with E-state index < -0.39 is 11.9 Å². The van der Waals surface area contributed by atoms with Crippen LogP contribution in [0.25, 0.3) is 0 Å². The summed E-state index contributed by atoms with van der Waals surface area (Å²) in [7, 11) is 0. The maximum Gasteiger partial charge on any atom is 0.248 e. The first-order valence-electron chi connectivity index (χ1n) is 7.69. The van der Waals surface area contributed by atoms with Crippen molar-refractivity contribution in [3.63, 3.8) is 0 Å². The van der Waals surface area contributed by atoms with Crippen molar-refractivity contribution in [3.8, 4) is 0 Å². The topological polar surface area (TPSA) is 84.2 Å². The van der Waals surface area contributed by atoms with Crippen LogP contribution >= 0.6 is 23.2 Å². The molecule has 0 fully saturated rings. The quantitative estimate of drug-likeness (QED) is 0.713. The molecule has 2 atom stereocenters. The molecule has 25 heavy (non-hydrogen) atoms. The van der Waals surface area contributed by atoms with E-state index in [2.05, 4.69) is 10.6 Å². The van der Waals surface area contributed by atoms with E-state index >= 15 is 0 Å². The fourth-order valence-corrected chi connectivity index (χ4v) is 2.93. The molecule has 7 heteroatoms. The summed E-state index contributed by atoms with van der Waals surface area (Å²) >= 11 is 12.1. The third kappa shape index (κ3) is 5.19. The first-order chi connectivity index (χ1) is 11.8. The van der Waals surface area contributed by atoms with Crippen molar-refractivity contribution in [1.82, 2.24) is 5.32 Å². The number of carbonyl (C=O) groups excluding carboxylic acids is 2. The monoisotopic (exact) mass is 379 g/mol. The SMILES string of the molecule is C[C@H](N[C@H](C)c1ccc(Cl)cc1Cl)C(=O)Nc1ccc(C(N)=O)cc1. The molecule has 0 spiro atoms. The normalized spacial score (nSPS) is 13.1. The highest BCUT2D eigenvalue weighted by Crippen LogP contribution is 2.26. The molecule has 0 saturated heterocycles. The number of anilines is 1. The van der Waals surface area contributed by atoms with Crippen molar-refractivity contribution in [3.05, 3.63) is 63.6 Å². The van der Waals surface area contributed by atoms with Crippen molar-refractivity contribution < 1.29 is 9.59 Å². The Bertz CT molecular complexity index is 778. The molecule has 0 aliphatic heterocycles. The average Bonchev–Trinajstić information content (AvgIpc) is 2.55. The van der Waals surface area contributed by atoms with Crippen LogP contribution in [-0.4, -0.2) is 17.9 Å². The van der Waals surface area contributed by atoms with Crippen molar-refractivity contribution in [2.45, 2.75) is 25.9 Å². The van der Waals surface area contributed by atoms with Crippen molar-refractivity contribution in [2.75, 3.05) is 5.32 Å². The van der Waals surface area contributed by atoms with Gasteiger partial charge in [-0.15, -0.1) is 0 Å². The Labute approximate surface area is 156 Å². The number of carbonyl (C=O) groups is 2. The molecule has 0 heterocycles. The lowest BCUT2D eigenvalue weighted by molar-refractivity contribution is -0.117. The predicted octanol–water partition coefficient (Wildman–Crippen LogP) is 3.77. The Kier molecular flexibility index (Phi) is 6.42. The second-order valence-electron chi connectivity index (χ2n) is 5.71. The fraction of sp³-hybridized carbons (Fsp3) is 0.222. The van der Waals surface area contributed by atoms with Crippen LogP contribution in [-0.2, 0) is 4.79 Å². The molecule has 5 nitrogen and oxygen atoms in total. The Hall–Kier alpha value is -2.08. The third-order valence-corrected chi connectivity index (χ3v) is 4.32. The first-order valence-corrected chi connectivity index (χ1v) is 8.45. The average molecular weight is 380 g/mol. The zero-order valence-corrected chi connectivity index (χ0v) is 15.4. The molecule has 0 aromatic heterocycles. The highest BCUT2D eigenvalue weighted by Gasteiger charge is 2.18. The van der Waals surface area contributed by atoms with Gasteiger partial charge >= 0.3 is 0 Å². The first kappa shape index (κ1) is 19.2. The van der Waals surface area contributed by atoms with E-state index in [4.69, 9.17) is 28.9 Å². The van der Waals surface area contributed by atoms with Crippen LogP contribution in [0.5, 0.6) is 0 Å². The summed E-state index contributed by atoms with van der Waals surface area (Å²) in [6.45, 7) is 3.67. The van der Waals surface area contributed by atoms with Gasteiger partial charge in [-0.2, -0.15) is 0 Å². The number of primary amides is 1. The molecule has 2 aromatic rings. The van der Waals surface area contributed by atoms with E-state index in [1.165, 1.54) is 0 Å². The fourth-order valence-electron chi connectivity index (χ4n) is 2.36. The van der Waals surface area contributed by atoms with E-state index in [0.717, 1.165) is 5.56 Å². The van der Waals surface area contributed by atoms with Gasteiger partial charge in [0.1, 0.15) is 0 Å². The maximum atomic E-state index is 12.3. The summed E-state index contributed by atoms with van der Waals surface area (Å²) in [6, 6.07) is 11.0. The molecule has 0 unspecified atom stereocenters. The number of nitrogens with two attached hydrogens (primary N) is 1. The molecule has 2 rings (SSSR count). The second-order valence-corrected chi connectivity index (χ2v) is 6.55. The number of hydrogen-bond donors (Lipinski definition) is 3. The number of benzene rings is 2. The minimum atomic E-state index is -0.512. The van der Waals surface area contributed by atoms with E-state index in [9.17, 15) is 9.59 Å². The van der Waals surface area contributed by atoms with Gasteiger partial charge in [-0.05, 0) is 55.8 Å². The van der Waals surface area contributed by atoms with Crippen LogP contribution in [0.15, 0.2) is 42.5 Å². The lowest BCUT2D eigenvalue weighted by atomic mass is 10.1. The molecule has 4 N–H and O–H groups in total. The summed E-state index contributed by atoms with van der Waals surface area (Å²) in [5.41, 5.74) is 7.02. The zero-order chi connectivity index (χ0) is 18.6. The predicted molar refractivity (Wildman–Crippen MR) is 101 cm³/mol. The minimum absolute atomic E-state index is 0.136. The van der Waals surface area contributed by atoms with Crippen LogP contribution in [0, 0.1) is 0 Å². The number of hydrogen-bond acceptors (Lipinski definition) is 3. The molecule has 2 amide bonds. The Morgan fingerprint density at radius 3 is 2.24 bits per heavy atom. The summed E-state index contributed by atoms with van der Waals surface area (Å²) in [4.78, 5) is 23.4. The number of halogens is 2. The number of nitrogens with one attached hydrogen (secondary N) is 2. The van der Waals surface area contributed by atoms with Gasteiger partial charge < -0.3 is 11.1 Å². The van der Waals surface area contributed by atoms with E-state index in [-0.39, 0.29) is 11.9 Å². The zero-order valence-electron chi connectivity index (χ0n) is 13.8. The van der Waals surface area contributed by atoms with Gasteiger partial charge in [0, 0.05) is 27.3 Å². The van der Waals surface area contributed by atoms with Crippen LogP contribution in [0.2, 0.25) is 10.0 Å². The molecular weight excluding hydrogens is 361 g/mol. The van der Waals surface area contributed by atoms with Crippen LogP contribution in [0.4, 0.5) is 5.69 Å². The van der Waals surface area contributed by atoms with Gasteiger partial charge in [-0.3, -0.25) is 14.9 Å². The van der Waals surface area contributed by atoms with Crippen LogP contribution < -0.4 is 16.4 Å². The van der Waals surface area contributed by atoms with Gasteiger partial charge in [0.2, 0.25) is 11.8 Å². The van der Waals surface area contributed by atoms with E-state index in [1.54, 1.807) is 43.3 Å². The van der Waals surface area contributed by atoms with Crippen LogP contribution in [0.3, 0.4) is 0 Å². The molecule has 132 valence electrons. The molecule has 0 radical (unpaired) electrons. The Morgan fingerprint density at radius 2 is 1.68 bits per heavy atom. The molecule has 0 bridgehead atoms. The second kappa shape index (κ2) is 8.34. The third-order valence-electron chi connectivity index (χ3n) is 3.76. The molecule has 0 aliphatic rings. The van der Waals surface area contributed by atoms with Gasteiger partial charge in [0.15, 0.2) is 0 Å². The van der Waals surface area contributed by atoms with E-state index in [0.29, 0.717) is 21.3 Å². The Balaban J connectivity index is 1.98. The lowest BCUT2D eigenvalue weighted by Gasteiger charge is -2.21. The smallest absolute Gasteiger partial charge is 0.248 e. The van der Waals surface area contributed by atoms with E-state index in [1.807, 2.05) is 13.0 Å². The van der Waals surface area contributed by atoms with Crippen molar-refractivity contribution in [2.24, 2.45) is 5.73 Å². The van der Waals surface area contributed by atoms with Gasteiger partial charge in [0.25, 0.3) is 0 Å².